The Labute approximate surface area is 282 Å². The van der Waals surface area contributed by atoms with Crippen molar-refractivity contribution in [2.24, 2.45) is 0 Å². The third-order valence-corrected chi connectivity index (χ3v) is 9.46. The maximum absolute atomic E-state index is 16.8. The molecule has 0 saturated carbocycles. The molecule has 5 heterocycles. The quantitative estimate of drug-likeness (QED) is 0.173. The van der Waals surface area contributed by atoms with Crippen molar-refractivity contribution in [3.63, 3.8) is 0 Å². The fraction of sp³-hybridized carbons (Fsp3) is 0.333. The van der Waals surface area contributed by atoms with Gasteiger partial charge in [0.2, 0.25) is 6.54 Å². The smallest absolute Gasteiger partial charge is 0.319 e. The summed E-state index contributed by atoms with van der Waals surface area (Å²) in [5, 5.41) is 8.38. The molecule has 49 heavy (non-hydrogen) atoms. The number of halogens is 2. The van der Waals surface area contributed by atoms with Gasteiger partial charge in [0.25, 0.3) is 5.91 Å². The van der Waals surface area contributed by atoms with Gasteiger partial charge < -0.3 is 24.3 Å². The number of ether oxygens (including phenoxy) is 1. The molecule has 2 aromatic carbocycles. The Bertz CT molecular complexity index is 2100. The third-order valence-electron chi connectivity index (χ3n) is 9.46. The highest BCUT2D eigenvalue weighted by Crippen LogP contribution is 2.38. The van der Waals surface area contributed by atoms with Gasteiger partial charge in [0, 0.05) is 54.3 Å². The van der Waals surface area contributed by atoms with E-state index in [1.165, 1.54) is 11.1 Å². The molecule has 1 amide bonds. The number of fused-ring (bicyclic) bond motifs is 2. The number of likely N-dealkylation sites (tertiary alicyclic amines) is 1. The number of benzene rings is 2. The van der Waals surface area contributed by atoms with Crippen LogP contribution >= 0.6 is 0 Å². The molecule has 2 aliphatic rings. The summed E-state index contributed by atoms with van der Waals surface area (Å²) in [5.41, 5.74) is 3.18. The summed E-state index contributed by atoms with van der Waals surface area (Å²) >= 11 is 0. The van der Waals surface area contributed by atoms with Crippen LogP contribution in [0.3, 0.4) is 0 Å². The average molecular weight is 664 g/mol. The lowest BCUT2D eigenvalue weighted by molar-refractivity contribution is -0.130. The number of pyridine rings is 1. The maximum atomic E-state index is 16.8. The molecule has 0 aliphatic carbocycles. The van der Waals surface area contributed by atoms with Gasteiger partial charge in [-0.1, -0.05) is 18.2 Å². The molecule has 0 spiro atoms. The summed E-state index contributed by atoms with van der Waals surface area (Å²) in [6.07, 6.45) is 6.34. The maximum Gasteiger partial charge on any atom is 0.319 e. The Balaban J connectivity index is 1.26. The summed E-state index contributed by atoms with van der Waals surface area (Å²) < 4.78 is 38.1. The first-order chi connectivity index (χ1) is 23.8. The number of likely N-dealkylation sites (N-methyl/N-ethyl adjacent to an activating group) is 1. The molecule has 11 nitrogen and oxygen atoms in total. The number of aromatic amines is 1. The third kappa shape index (κ3) is 6.27. The second kappa shape index (κ2) is 13.6. The first-order valence-corrected chi connectivity index (χ1v) is 16.3. The summed E-state index contributed by atoms with van der Waals surface area (Å²) in [5.74, 6) is -1.86. The lowest BCUT2D eigenvalue weighted by atomic mass is 9.95. The number of aromatic nitrogens is 5. The van der Waals surface area contributed by atoms with E-state index in [2.05, 4.69) is 29.9 Å². The van der Waals surface area contributed by atoms with Crippen molar-refractivity contribution < 1.29 is 18.3 Å². The predicted octanol–water partition coefficient (Wildman–Crippen LogP) is 5.44. The predicted molar refractivity (Wildman–Crippen MR) is 183 cm³/mol. The molecule has 2 atom stereocenters. The molecular weight excluding hydrogens is 628 g/mol. The Morgan fingerprint density at radius 3 is 2.78 bits per heavy atom. The summed E-state index contributed by atoms with van der Waals surface area (Å²) in [7, 11) is 2.05. The van der Waals surface area contributed by atoms with Gasteiger partial charge in [-0.15, -0.1) is 0 Å². The van der Waals surface area contributed by atoms with Crippen molar-refractivity contribution in [3.8, 4) is 17.1 Å². The van der Waals surface area contributed by atoms with Crippen LogP contribution in [0.25, 0.3) is 43.9 Å². The Morgan fingerprint density at radius 1 is 1.12 bits per heavy atom. The molecule has 3 aromatic heterocycles. The minimum atomic E-state index is -0.959. The van der Waals surface area contributed by atoms with Gasteiger partial charge in [0.1, 0.15) is 24.0 Å². The van der Waals surface area contributed by atoms with Gasteiger partial charge in [-0.05, 0) is 68.8 Å². The average Bonchev–Trinajstić information content (AvgIpc) is 3.76. The van der Waals surface area contributed by atoms with Gasteiger partial charge in [0.05, 0.1) is 17.4 Å². The highest BCUT2D eigenvalue weighted by molar-refractivity contribution is 6.00. The lowest BCUT2D eigenvalue weighted by Gasteiger charge is -2.39. The minimum Gasteiger partial charge on any atom is -0.462 e. The SMILES string of the molecule is [C-]#[N+]C[C@H]1CN(c2nc(OC[C@@H]3CCCN3C)nc3c(F)c(-c4c(C)ccc5[nH]ncc45)ccc23)CCN1C(=O)/C(F)=C/c1ccccn1. The number of carbonyl (C=O) groups excluding carboxylic acids is 1. The molecule has 7 rings (SSSR count). The Morgan fingerprint density at radius 2 is 2.00 bits per heavy atom. The van der Waals surface area contributed by atoms with Crippen molar-refractivity contribution >= 4 is 39.6 Å². The largest absolute Gasteiger partial charge is 0.462 e. The lowest BCUT2D eigenvalue weighted by Crippen LogP contribution is -2.56. The van der Waals surface area contributed by atoms with E-state index in [-0.39, 0.29) is 43.7 Å². The first-order valence-electron chi connectivity index (χ1n) is 16.3. The summed E-state index contributed by atoms with van der Waals surface area (Å²) in [6.45, 7) is 11.4. The van der Waals surface area contributed by atoms with E-state index in [1.54, 1.807) is 36.5 Å². The molecule has 0 unspecified atom stereocenters. The van der Waals surface area contributed by atoms with Crippen LogP contribution in [0.5, 0.6) is 6.01 Å². The van der Waals surface area contributed by atoms with Crippen LogP contribution in [0, 0.1) is 19.3 Å². The van der Waals surface area contributed by atoms with Gasteiger partial charge in [-0.3, -0.25) is 14.9 Å². The van der Waals surface area contributed by atoms with E-state index in [1.807, 2.05) is 31.0 Å². The molecule has 1 N–H and O–H groups in total. The fourth-order valence-electron chi connectivity index (χ4n) is 6.84. The minimum absolute atomic E-state index is 0.0432. The number of anilines is 1. The van der Waals surface area contributed by atoms with E-state index < -0.39 is 23.6 Å². The number of hydrogen-bond acceptors (Lipinski definition) is 8. The van der Waals surface area contributed by atoms with Gasteiger partial charge in [-0.2, -0.15) is 15.1 Å². The van der Waals surface area contributed by atoms with Gasteiger partial charge >= 0.3 is 6.01 Å². The number of piperazine rings is 1. The van der Waals surface area contributed by atoms with Crippen LogP contribution < -0.4 is 9.64 Å². The molecule has 2 aliphatic heterocycles. The van der Waals surface area contributed by atoms with Crippen molar-refractivity contribution in [1.29, 1.82) is 0 Å². The highest BCUT2D eigenvalue weighted by Gasteiger charge is 2.36. The molecule has 5 aromatic rings. The Kier molecular flexibility index (Phi) is 8.88. The van der Waals surface area contributed by atoms with E-state index >= 15 is 8.78 Å². The van der Waals surface area contributed by atoms with Crippen molar-refractivity contribution in [3.05, 3.63) is 89.2 Å². The molecule has 2 saturated heterocycles. The normalized spacial score (nSPS) is 18.7. The van der Waals surface area contributed by atoms with E-state index in [9.17, 15) is 4.79 Å². The molecule has 250 valence electrons. The van der Waals surface area contributed by atoms with Gasteiger partial charge in [0.15, 0.2) is 11.6 Å². The zero-order valence-electron chi connectivity index (χ0n) is 27.2. The number of nitrogens with one attached hydrogen (secondary N) is 1. The number of nitrogens with zero attached hydrogens (tertiary/aromatic N) is 8. The number of hydrogen-bond donors (Lipinski definition) is 1. The number of carbonyl (C=O) groups is 1. The summed E-state index contributed by atoms with van der Waals surface area (Å²) in [6, 6.07) is 12.0. The topological polar surface area (TPSA) is 108 Å². The number of aryl methyl sites for hydroxylation is 1. The number of H-pyrrole nitrogens is 1. The van der Waals surface area contributed by atoms with Gasteiger partial charge in [-0.25, -0.2) is 15.4 Å². The van der Waals surface area contributed by atoms with Crippen molar-refractivity contribution in [2.75, 3.05) is 51.3 Å². The zero-order chi connectivity index (χ0) is 34.1. The van der Waals surface area contributed by atoms with Crippen molar-refractivity contribution in [2.45, 2.75) is 31.8 Å². The van der Waals surface area contributed by atoms with Crippen molar-refractivity contribution in [1.82, 2.24) is 34.9 Å². The van der Waals surface area contributed by atoms with Crippen LogP contribution in [0.2, 0.25) is 0 Å². The van der Waals surface area contributed by atoms with E-state index in [0.717, 1.165) is 41.9 Å². The van der Waals surface area contributed by atoms with E-state index in [0.29, 0.717) is 34.6 Å². The number of amides is 1. The monoisotopic (exact) mass is 663 g/mol. The molecule has 0 bridgehead atoms. The summed E-state index contributed by atoms with van der Waals surface area (Å²) in [4.78, 5) is 35.8. The first kappa shape index (κ1) is 32.1. The highest BCUT2D eigenvalue weighted by atomic mass is 19.1. The number of rotatable bonds is 8. The molecular formula is C36H35F2N9O2. The standard InChI is InChI=1S/C36H35F2N9O2/c1-22-9-12-30-28(19-41-44-30)31(22)26-10-11-27-33(32(26)38)42-36(49-21-24-8-6-14-45(24)3)43-34(27)46-15-16-47(25(20-46)18-39-2)35(48)29(37)17-23-7-4-5-13-40-23/h4-5,7,9-13,17,19,24-25H,6,8,14-16,18,20-21H2,1,3H3,(H,41,44)/b29-17-/t24-,25-/m0/s1. The van der Waals surface area contributed by atoms with Crippen LogP contribution in [0.15, 0.2) is 60.7 Å². The van der Waals surface area contributed by atoms with Crippen LogP contribution in [0.1, 0.15) is 24.1 Å². The van der Waals surface area contributed by atoms with Crippen LogP contribution in [0.4, 0.5) is 14.6 Å². The second-order valence-electron chi connectivity index (χ2n) is 12.5. The zero-order valence-corrected chi connectivity index (χ0v) is 27.2. The molecule has 2 fully saturated rings. The van der Waals surface area contributed by atoms with Crippen LogP contribution in [-0.4, -0.2) is 99.3 Å². The molecule has 13 heteroatoms. The van der Waals surface area contributed by atoms with E-state index in [4.69, 9.17) is 16.3 Å². The fourth-order valence-corrected chi connectivity index (χ4v) is 6.84. The second-order valence-corrected chi connectivity index (χ2v) is 12.5. The Hall–Kier alpha value is -5.48. The molecule has 0 radical (unpaired) electrons. The van der Waals surface area contributed by atoms with Crippen LogP contribution in [-0.2, 0) is 4.79 Å².